The average molecular weight is 276 g/mol. The number of nitrogens with one attached hydrogen (secondary N) is 1. The number of ether oxygens (including phenoxy) is 1. The van der Waals surface area contributed by atoms with Gasteiger partial charge in [-0.05, 0) is 24.6 Å². The molecule has 19 heavy (non-hydrogen) atoms. The zero-order chi connectivity index (χ0) is 14.3. The SMILES string of the molecule is CC(C)CNCc1ccc(OCCC(F)(F)F)cn1. The van der Waals surface area contributed by atoms with Gasteiger partial charge in [0.15, 0.2) is 0 Å². The van der Waals surface area contributed by atoms with Gasteiger partial charge in [-0.3, -0.25) is 4.98 Å². The molecule has 108 valence electrons. The lowest BCUT2D eigenvalue weighted by atomic mass is 10.2. The van der Waals surface area contributed by atoms with Gasteiger partial charge < -0.3 is 10.1 Å². The highest BCUT2D eigenvalue weighted by molar-refractivity contribution is 5.19. The highest BCUT2D eigenvalue weighted by atomic mass is 19.4. The molecule has 1 aromatic heterocycles. The summed E-state index contributed by atoms with van der Waals surface area (Å²) in [5.74, 6) is 0.918. The Kier molecular flexibility index (Phi) is 6.08. The van der Waals surface area contributed by atoms with Crippen LogP contribution in [0.1, 0.15) is 26.0 Å². The number of nitrogens with zero attached hydrogens (tertiary/aromatic N) is 1. The van der Waals surface area contributed by atoms with E-state index in [0.29, 0.717) is 18.2 Å². The molecular weight excluding hydrogens is 257 g/mol. The maximum Gasteiger partial charge on any atom is 0.392 e. The van der Waals surface area contributed by atoms with Gasteiger partial charge in [0.05, 0.1) is 24.9 Å². The minimum Gasteiger partial charge on any atom is -0.492 e. The van der Waals surface area contributed by atoms with Crippen LogP contribution < -0.4 is 10.1 Å². The summed E-state index contributed by atoms with van der Waals surface area (Å²) in [6.45, 7) is 5.37. The third-order valence-electron chi connectivity index (χ3n) is 2.31. The molecule has 1 rings (SSSR count). The first kappa shape index (κ1) is 15.8. The van der Waals surface area contributed by atoms with Crippen LogP contribution in [-0.4, -0.2) is 24.3 Å². The smallest absolute Gasteiger partial charge is 0.392 e. The van der Waals surface area contributed by atoms with Crippen molar-refractivity contribution in [3.05, 3.63) is 24.0 Å². The molecule has 3 nitrogen and oxygen atoms in total. The van der Waals surface area contributed by atoms with Crippen LogP contribution in [0.5, 0.6) is 5.75 Å². The fraction of sp³-hybridized carbons (Fsp3) is 0.615. The number of pyridine rings is 1. The van der Waals surface area contributed by atoms with Crippen LogP contribution in [0.4, 0.5) is 13.2 Å². The first-order chi connectivity index (χ1) is 8.87. The lowest BCUT2D eigenvalue weighted by Gasteiger charge is -2.09. The summed E-state index contributed by atoms with van der Waals surface area (Å²) >= 11 is 0. The van der Waals surface area contributed by atoms with Crippen molar-refractivity contribution >= 4 is 0 Å². The lowest BCUT2D eigenvalue weighted by molar-refractivity contribution is -0.139. The fourth-order valence-corrected chi connectivity index (χ4v) is 1.37. The highest BCUT2D eigenvalue weighted by Gasteiger charge is 2.26. The summed E-state index contributed by atoms with van der Waals surface area (Å²) in [4.78, 5) is 4.12. The van der Waals surface area contributed by atoms with Crippen LogP contribution >= 0.6 is 0 Å². The molecule has 6 heteroatoms. The summed E-state index contributed by atoms with van der Waals surface area (Å²) in [7, 11) is 0. The second-order valence-electron chi connectivity index (χ2n) is 4.72. The zero-order valence-electron chi connectivity index (χ0n) is 11.1. The van der Waals surface area contributed by atoms with Crippen LogP contribution in [0.15, 0.2) is 18.3 Å². The molecule has 0 aromatic carbocycles. The minimum absolute atomic E-state index is 0.358. The largest absolute Gasteiger partial charge is 0.492 e. The second-order valence-corrected chi connectivity index (χ2v) is 4.72. The molecule has 0 saturated heterocycles. The van der Waals surface area contributed by atoms with Crippen LogP contribution in [0.3, 0.4) is 0 Å². The van der Waals surface area contributed by atoms with Crippen molar-refractivity contribution in [2.75, 3.05) is 13.2 Å². The van der Waals surface area contributed by atoms with E-state index in [-0.39, 0.29) is 6.61 Å². The monoisotopic (exact) mass is 276 g/mol. The lowest BCUT2D eigenvalue weighted by Crippen LogP contribution is -2.19. The summed E-state index contributed by atoms with van der Waals surface area (Å²) < 4.78 is 40.7. The average Bonchev–Trinajstić information content (AvgIpc) is 2.29. The van der Waals surface area contributed by atoms with E-state index in [0.717, 1.165) is 12.2 Å². The third kappa shape index (κ3) is 7.66. The first-order valence-corrected chi connectivity index (χ1v) is 6.22. The van der Waals surface area contributed by atoms with Gasteiger partial charge in [-0.15, -0.1) is 0 Å². The second kappa shape index (κ2) is 7.33. The maximum atomic E-state index is 11.9. The standard InChI is InChI=1S/C13H19F3N2O/c1-10(2)7-17-8-11-3-4-12(9-18-11)19-6-5-13(14,15)16/h3-4,9-10,17H,5-8H2,1-2H3. The number of alkyl halides is 3. The molecule has 0 spiro atoms. The molecule has 1 aromatic rings. The predicted molar refractivity (Wildman–Crippen MR) is 66.9 cm³/mol. The van der Waals surface area contributed by atoms with Crippen molar-refractivity contribution in [1.82, 2.24) is 10.3 Å². The van der Waals surface area contributed by atoms with E-state index < -0.39 is 12.6 Å². The summed E-state index contributed by atoms with van der Waals surface area (Å²) in [5, 5.41) is 3.23. The molecule has 0 radical (unpaired) electrons. The molecule has 0 fully saturated rings. The molecular formula is C13H19F3N2O. The van der Waals surface area contributed by atoms with Gasteiger partial charge in [0, 0.05) is 6.54 Å². The normalized spacial score (nSPS) is 11.9. The van der Waals surface area contributed by atoms with E-state index in [4.69, 9.17) is 4.74 Å². The van der Waals surface area contributed by atoms with E-state index in [1.165, 1.54) is 6.20 Å². The molecule has 0 bridgehead atoms. The molecule has 0 saturated carbocycles. The topological polar surface area (TPSA) is 34.1 Å². The Morgan fingerprint density at radius 2 is 2.05 bits per heavy atom. The molecule has 1 heterocycles. The van der Waals surface area contributed by atoms with Crippen molar-refractivity contribution in [1.29, 1.82) is 0 Å². The number of aromatic nitrogens is 1. The molecule has 0 amide bonds. The molecule has 0 aliphatic heterocycles. The molecule has 0 aliphatic carbocycles. The van der Waals surface area contributed by atoms with E-state index >= 15 is 0 Å². The van der Waals surface area contributed by atoms with Crippen LogP contribution in [0, 0.1) is 5.92 Å². The van der Waals surface area contributed by atoms with Gasteiger partial charge in [0.1, 0.15) is 5.75 Å². The third-order valence-corrected chi connectivity index (χ3v) is 2.31. The number of hydrogen-bond acceptors (Lipinski definition) is 3. The fourth-order valence-electron chi connectivity index (χ4n) is 1.37. The van der Waals surface area contributed by atoms with Gasteiger partial charge >= 0.3 is 6.18 Å². The van der Waals surface area contributed by atoms with E-state index in [1.54, 1.807) is 12.1 Å². The van der Waals surface area contributed by atoms with E-state index in [1.807, 2.05) is 0 Å². The van der Waals surface area contributed by atoms with Crippen LogP contribution in [0.25, 0.3) is 0 Å². The van der Waals surface area contributed by atoms with Crippen molar-refractivity contribution in [3.8, 4) is 5.75 Å². The molecule has 0 unspecified atom stereocenters. The van der Waals surface area contributed by atoms with Gasteiger partial charge in [0.2, 0.25) is 0 Å². The Morgan fingerprint density at radius 3 is 2.58 bits per heavy atom. The predicted octanol–water partition coefficient (Wildman–Crippen LogP) is 3.16. The van der Waals surface area contributed by atoms with Gasteiger partial charge in [-0.2, -0.15) is 13.2 Å². The highest BCUT2D eigenvalue weighted by Crippen LogP contribution is 2.20. The number of rotatable bonds is 7. The van der Waals surface area contributed by atoms with Gasteiger partial charge in [-0.1, -0.05) is 13.8 Å². The summed E-state index contributed by atoms with van der Waals surface area (Å²) in [5.41, 5.74) is 0.837. The van der Waals surface area contributed by atoms with Crippen LogP contribution in [-0.2, 0) is 6.54 Å². The van der Waals surface area contributed by atoms with Crippen molar-refractivity contribution in [3.63, 3.8) is 0 Å². The quantitative estimate of drug-likeness (QED) is 0.830. The van der Waals surface area contributed by atoms with E-state index in [9.17, 15) is 13.2 Å². The first-order valence-electron chi connectivity index (χ1n) is 6.22. The van der Waals surface area contributed by atoms with Gasteiger partial charge in [0.25, 0.3) is 0 Å². The Bertz CT molecular complexity index is 363. The maximum absolute atomic E-state index is 11.9. The summed E-state index contributed by atoms with van der Waals surface area (Å²) in [6.07, 6.45) is -3.69. The molecule has 1 N–H and O–H groups in total. The number of halogens is 3. The number of hydrogen-bond donors (Lipinski definition) is 1. The molecule has 0 aliphatic rings. The van der Waals surface area contributed by atoms with Gasteiger partial charge in [-0.25, -0.2) is 0 Å². The van der Waals surface area contributed by atoms with Crippen molar-refractivity contribution < 1.29 is 17.9 Å². The Hall–Kier alpha value is -1.30. The molecule has 0 atom stereocenters. The van der Waals surface area contributed by atoms with Crippen molar-refractivity contribution in [2.45, 2.75) is 33.0 Å². The Balaban J connectivity index is 2.31. The zero-order valence-corrected chi connectivity index (χ0v) is 11.1. The van der Waals surface area contributed by atoms with E-state index in [2.05, 4.69) is 24.1 Å². The van der Waals surface area contributed by atoms with Crippen LogP contribution in [0.2, 0.25) is 0 Å². The summed E-state index contributed by atoms with van der Waals surface area (Å²) in [6, 6.07) is 3.38. The Morgan fingerprint density at radius 1 is 1.32 bits per heavy atom. The van der Waals surface area contributed by atoms with Crippen molar-refractivity contribution in [2.24, 2.45) is 5.92 Å². The Labute approximate surface area is 111 Å². The minimum atomic E-state index is -4.19.